The Hall–Kier alpha value is -1.71. The Morgan fingerprint density at radius 3 is 2.35 bits per heavy atom. The van der Waals surface area contributed by atoms with Crippen LogP contribution in [0.3, 0.4) is 0 Å². The maximum Gasteiger partial charge on any atom is 0.407 e. The Balaban J connectivity index is 2.30. The second-order valence-corrected chi connectivity index (χ2v) is 5.80. The lowest BCUT2D eigenvalue weighted by Crippen LogP contribution is -2.33. The molecule has 2 N–H and O–H groups in total. The first-order valence-corrected chi connectivity index (χ1v) is 7.20. The van der Waals surface area contributed by atoms with Gasteiger partial charge in [-0.15, -0.1) is 0 Å². The highest BCUT2D eigenvalue weighted by Gasteiger charge is 2.15. The van der Waals surface area contributed by atoms with E-state index in [-0.39, 0.29) is 6.09 Å². The van der Waals surface area contributed by atoms with Crippen LogP contribution in [0.1, 0.15) is 39.7 Å². The van der Waals surface area contributed by atoms with E-state index in [1.807, 2.05) is 20.8 Å². The minimum absolute atomic E-state index is 0.362. The molecule has 0 atom stereocenters. The third-order valence-corrected chi connectivity index (χ3v) is 2.61. The van der Waals surface area contributed by atoms with Gasteiger partial charge >= 0.3 is 6.09 Å². The van der Waals surface area contributed by atoms with Gasteiger partial charge in [0.15, 0.2) is 0 Å². The lowest BCUT2D eigenvalue weighted by molar-refractivity contribution is 0.0528. The molecule has 4 nitrogen and oxygen atoms in total. The lowest BCUT2D eigenvalue weighted by atomic mass is 10.1. The second-order valence-electron chi connectivity index (χ2n) is 5.80. The molecule has 0 spiro atoms. The number of benzene rings is 1. The van der Waals surface area contributed by atoms with Crippen LogP contribution in [0, 0.1) is 0 Å². The van der Waals surface area contributed by atoms with Crippen LogP contribution in [0.2, 0.25) is 0 Å². The minimum Gasteiger partial charge on any atom is -0.444 e. The van der Waals surface area contributed by atoms with Crippen LogP contribution in [0.15, 0.2) is 24.3 Å². The van der Waals surface area contributed by atoms with Gasteiger partial charge in [-0.1, -0.05) is 19.1 Å². The zero-order chi connectivity index (χ0) is 15.0. The van der Waals surface area contributed by atoms with E-state index in [0.29, 0.717) is 6.54 Å². The first-order chi connectivity index (χ1) is 9.40. The lowest BCUT2D eigenvalue weighted by Gasteiger charge is -2.19. The number of amides is 1. The molecule has 0 aliphatic carbocycles. The number of nitrogens with one attached hydrogen (secondary N) is 2. The summed E-state index contributed by atoms with van der Waals surface area (Å²) >= 11 is 0. The highest BCUT2D eigenvalue weighted by atomic mass is 16.6. The molecule has 0 unspecified atom stereocenters. The van der Waals surface area contributed by atoms with E-state index in [1.54, 1.807) is 0 Å². The van der Waals surface area contributed by atoms with Crippen molar-refractivity contribution in [2.24, 2.45) is 0 Å². The minimum atomic E-state index is -0.448. The molecule has 0 bridgehead atoms. The van der Waals surface area contributed by atoms with Gasteiger partial charge in [0.1, 0.15) is 5.60 Å². The summed E-state index contributed by atoms with van der Waals surface area (Å²) in [6.07, 6.45) is 1.55. The van der Waals surface area contributed by atoms with Gasteiger partial charge in [0.05, 0.1) is 0 Å². The van der Waals surface area contributed by atoms with Gasteiger partial charge in [0.2, 0.25) is 0 Å². The molecule has 0 aliphatic rings. The molecule has 112 valence electrons. The van der Waals surface area contributed by atoms with Crippen molar-refractivity contribution < 1.29 is 9.53 Å². The molecule has 0 heterocycles. The van der Waals surface area contributed by atoms with Crippen molar-refractivity contribution in [3.63, 3.8) is 0 Å². The van der Waals surface area contributed by atoms with Crippen molar-refractivity contribution in [2.45, 2.75) is 46.1 Å². The number of anilines is 1. The maximum absolute atomic E-state index is 11.5. The van der Waals surface area contributed by atoms with Crippen molar-refractivity contribution in [1.82, 2.24) is 5.32 Å². The molecule has 1 rings (SSSR count). The number of carbonyl (C=O) groups excluding carboxylic acids is 1. The average molecular weight is 278 g/mol. The Morgan fingerprint density at radius 1 is 1.15 bits per heavy atom. The number of ether oxygens (including phenoxy) is 1. The van der Waals surface area contributed by atoms with E-state index in [1.165, 1.54) is 5.56 Å². The molecule has 0 fully saturated rings. The normalized spacial score (nSPS) is 11.0. The van der Waals surface area contributed by atoms with Crippen LogP contribution in [-0.2, 0) is 11.2 Å². The number of rotatable bonds is 6. The Morgan fingerprint density at radius 2 is 1.80 bits per heavy atom. The van der Waals surface area contributed by atoms with Gasteiger partial charge in [-0.2, -0.15) is 0 Å². The smallest absolute Gasteiger partial charge is 0.407 e. The molecule has 4 heteroatoms. The summed E-state index contributed by atoms with van der Waals surface area (Å²) in [4.78, 5) is 11.5. The topological polar surface area (TPSA) is 50.4 Å². The Labute approximate surface area is 121 Å². The van der Waals surface area contributed by atoms with Crippen LogP contribution in [0.4, 0.5) is 10.5 Å². The van der Waals surface area contributed by atoms with Gasteiger partial charge in [0.25, 0.3) is 0 Å². The van der Waals surface area contributed by atoms with Crippen molar-refractivity contribution in [3.05, 3.63) is 29.8 Å². The number of hydrogen-bond donors (Lipinski definition) is 2. The van der Waals surface area contributed by atoms with Crippen LogP contribution in [0.25, 0.3) is 0 Å². The summed E-state index contributed by atoms with van der Waals surface area (Å²) in [7, 11) is 0. The highest BCUT2D eigenvalue weighted by molar-refractivity contribution is 5.67. The number of alkyl carbamates (subject to hydrolysis) is 1. The van der Waals surface area contributed by atoms with E-state index in [0.717, 1.165) is 25.1 Å². The highest BCUT2D eigenvalue weighted by Crippen LogP contribution is 2.10. The van der Waals surface area contributed by atoms with Crippen molar-refractivity contribution in [1.29, 1.82) is 0 Å². The zero-order valence-corrected chi connectivity index (χ0v) is 13.0. The van der Waals surface area contributed by atoms with Gasteiger partial charge < -0.3 is 15.4 Å². The number of hydrogen-bond acceptors (Lipinski definition) is 3. The van der Waals surface area contributed by atoms with Crippen LogP contribution >= 0.6 is 0 Å². The predicted octanol–water partition coefficient (Wildman–Crippen LogP) is 3.58. The molecule has 1 aromatic rings. The average Bonchev–Trinajstić information content (AvgIpc) is 2.35. The van der Waals surface area contributed by atoms with Crippen LogP contribution < -0.4 is 10.6 Å². The third kappa shape index (κ3) is 7.02. The van der Waals surface area contributed by atoms with E-state index >= 15 is 0 Å². The Bertz CT molecular complexity index is 407. The van der Waals surface area contributed by atoms with Gasteiger partial charge in [-0.3, -0.25) is 0 Å². The quantitative estimate of drug-likeness (QED) is 0.836. The molecule has 0 radical (unpaired) electrons. The predicted molar refractivity (Wildman–Crippen MR) is 83.2 cm³/mol. The first-order valence-electron chi connectivity index (χ1n) is 7.20. The molecular weight excluding hydrogens is 252 g/mol. The molecular formula is C16H26N2O2. The largest absolute Gasteiger partial charge is 0.444 e. The summed E-state index contributed by atoms with van der Waals surface area (Å²) in [6, 6.07) is 8.29. The molecule has 0 aromatic heterocycles. The molecule has 20 heavy (non-hydrogen) atoms. The monoisotopic (exact) mass is 278 g/mol. The maximum atomic E-state index is 11.5. The first kappa shape index (κ1) is 16.3. The summed E-state index contributed by atoms with van der Waals surface area (Å²) in [6.45, 7) is 9.28. The van der Waals surface area contributed by atoms with E-state index in [9.17, 15) is 4.79 Å². The molecule has 0 aliphatic heterocycles. The summed E-state index contributed by atoms with van der Waals surface area (Å²) in [5.74, 6) is 0. The summed E-state index contributed by atoms with van der Waals surface area (Å²) < 4.78 is 5.18. The van der Waals surface area contributed by atoms with Gasteiger partial charge in [-0.25, -0.2) is 4.79 Å². The van der Waals surface area contributed by atoms with Crippen molar-refractivity contribution in [3.8, 4) is 0 Å². The van der Waals surface area contributed by atoms with E-state index in [4.69, 9.17) is 4.74 Å². The van der Waals surface area contributed by atoms with Crippen molar-refractivity contribution >= 4 is 11.8 Å². The third-order valence-electron chi connectivity index (χ3n) is 2.61. The van der Waals surface area contributed by atoms with Crippen LogP contribution in [-0.4, -0.2) is 24.8 Å². The SMILES string of the molecule is CCCNc1ccc(CCNC(=O)OC(C)(C)C)cc1. The standard InChI is InChI=1S/C16H26N2O2/c1-5-11-17-14-8-6-13(7-9-14)10-12-18-15(19)20-16(2,3)4/h6-9,17H,5,10-12H2,1-4H3,(H,18,19). The summed E-state index contributed by atoms with van der Waals surface area (Å²) in [5.41, 5.74) is 1.88. The molecule has 0 saturated heterocycles. The zero-order valence-electron chi connectivity index (χ0n) is 13.0. The van der Waals surface area contributed by atoms with E-state index in [2.05, 4.69) is 41.8 Å². The number of carbonyl (C=O) groups is 1. The van der Waals surface area contributed by atoms with Gasteiger partial charge in [-0.05, 0) is 51.3 Å². The van der Waals surface area contributed by atoms with Crippen molar-refractivity contribution in [2.75, 3.05) is 18.4 Å². The van der Waals surface area contributed by atoms with Crippen LogP contribution in [0.5, 0.6) is 0 Å². The molecule has 1 amide bonds. The second kappa shape index (κ2) is 7.78. The van der Waals surface area contributed by atoms with E-state index < -0.39 is 5.60 Å². The fourth-order valence-electron chi connectivity index (χ4n) is 1.68. The molecule has 0 saturated carbocycles. The summed E-state index contributed by atoms with van der Waals surface area (Å²) in [5, 5.41) is 6.09. The molecule has 1 aromatic carbocycles. The Kier molecular flexibility index (Phi) is 6.36. The van der Waals surface area contributed by atoms with Gasteiger partial charge in [0, 0.05) is 18.8 Å². The fourth-order valence-corrected chi connectivity index (χ4v) is 1.68. The fraction of sp³-hybridized carbons (Fsp3) is 0.562.